The van der Waals surface area contributed by atoms with Crippen LogP contribution in [-0.2, 0) is 33.4 Å². The van der Waals surface area contributed by atoms with E-state index in [0.29, 0.717) is 29.9 Å². The summed E-state index contributed by atoms with van der Waals surface area (Å²) in [6.07, 6.45) is 4.46. The Balaban J connectivity index is 1.31. The number of halogens is 1. The fourth-order valence-corrected chi connectivity index (χ4v) is 6.66. The van der Waals surface area contributed by atoms with Gasteiger partial charge in [0.15, 0.2) is 9.84 Å². The Hall–Kier alpha value is -3.45. The van der Waals surface area contributed by atoms with Crippen LogP contribution >= 0.6 is 0 Å². The number of sulfone groups is 1. The third-order valence-corrected chi connectivity index (χ3v) is 8.72. The van der Waals surface area contributed by atoms with Crippen LogP contribution in [0.25, 0.3) is 10.9 Å². The van der Waals surface area contributed by atoms with Gasteiger partial charge in [-0.15, -0.1) is 0 Å². The van der Waals surface area contributed by atoms with Crippen molar-refractivity contribution >= 4 is 26.6 Å². The van der Waals surface area contributed by atoms with Gasteiger partial charge in [-0.05, 0) is 42.9 Å². The molecule has 0 bridgehead atoms. The van der Waals surface area contributed by atoms with Crippen LogP contribution in [0.3, 0.4) is 0 Å². The molecule has 1 saturated heterocycles. The van der Waals surface area contributed by atoms with Crippen molar-refractivity contribution in [3.05, 3.63) is 102 Å². The maximum absolute atomic E-state index is 14.2. The Labute approximate surface area is 211 Å². The number of benzene rings is 3. The molecule has 0 spiro atoms. The monoisotopic (exact) mass is 504 g/mol. The number of hydrogen-bond acceptors (Lipinski definition) is 3. The number of amides is 1. The molecule has 2 heterocycles. The highest BCUT2D eigenvalue weighted by molar-refractivity contribution is 7.90. The first kappa shape index (κ1) is 24.3. The van der Waals surface area contributed by atoms with Crippen molar-refractivity contribution in [2.75, 3.05) is 13.1 Å². The molecule has 1 amide bonds. The lowest BCUT2D eigenvalue weighted by Crippen LogP contribution is -2.40. The molecular weight excluding hydrogens is 475 g/mol. The minimum absolute atomic E-state index is 0.0213. The minimum Gasteiger partial charge on any atom is -0.341 e. The molecule has 5 rings (SSSR count). The molecule has 4 aromatic rings. The number of nitrogens with zero attached hydrogens (tertiary/aromatic N) is 2. The lowest BCUT2D eigenvalue weighted by Gasteiger charge is -2.32. The van der Waals surface area contributed by atoms with Crippen LogP contribution in [0.2, 0.25) is 0 Å². The van der Waals surface area contributed by atoms with Gasteiger partial charge >= 0.3 is 0 Å². The van der Waals surface area contributed by atoms with Gasteiger partial charge in [0.05, 0.1) is 10.6 Å². The molecule has 0 N–H and O–H groups in total. The van der Waals surface area contributed by atoms with Crippen LogP contribution in [0.1, 0.15) is 24.0 Å². The van der Waals surface area contributed by atoms with Crippen molar-refractivity contribution in [3.8, 4) is 0 Å². The first-order valence-corrected chi connectivity index (χ1v) is 13.9. The Bertz CT molecular complexity index is 1470. The minimum atomic E-state index is -3.83. The highest BCUT2D eigenvalue weighted by Crippen LogP contribution is 2.29. The van der Waals surface area contributed by atoms with Crippen molar-refractivity contribution in [1.29, 1.82) is 0 Å². The number of piperidine rings is 1. The fraction of sp³-hybridized carbons (Fsp3) is 0.276. The normalized spacial score (nSPS) is 14.9. The average Bonchev–Trinajstić information content (AvgIpc) is 3.26. The van der Waals surface area contributed by atoms with Crippen molar-refractivity contribution < 1.29 is 17.6 Å². The van der Waals surface area contributed by atoms with Gasteiger partial charge in [0, 0.05) is 35.8 Å². The summed E-state index contributed by atoms with van der Waals surface area (Å²) in [5, 5.41) is 0.545. The Kier molecular flexibility index (Phi) is 6.92. The smallest absolute Gasteiger partial charge is 0.242 e. The zero-order valence-electron chi connectivity index (χ0n) is 20.0. The van der Waals surface area contributed by atoms with E-state index in [-0.39, 0.29) is 22.9 Å². The zero-order valence-corrected chi connectivity index (χ0v) is 20.8. The van der Waals surface area contributed by atoms with Gasteiger partial charge in [0.1, 0.15) is 12.4 Å². The molecule has 7 heteroatoms. The summed E-state index contributed by atoms with van der Waals surface area (Å²) in [5.41, 5.74) is 2.13. The molecule has 1 aliphatic heterocycles. The van der Waals surface area contributed by atoms with Gasteiger partial charge in [0.25, 0.3) is 0 Å². The number of likely N-dealkylation sites (tertiary alicyclic amines) is 1. The quantitative estimate of drug-likeness (QED) is 0.346. The summed E-state index contributed by atoms with van der Waals surface area (Å²) in [6.45, 7) is 1.47. The number of carbonyl (C=O) groups excluding carboxylic acids is 1. The fourth-order valence-electron chi connectivity index (χ4n) is 5.07. The molecule has 1 fully saturated rings. The Morgan fingerprint density at radius 2 is 1.56 bits per heavy atom. The number of carbonyl (C=O) groups is 1. The molecule has 0 atom stereocenters. The number of aromatic nitrogens is 1. The van der Waals surface area contributed by atoms with Crippen LogP contribution in [0.4, 0.5) is 4.39 Å². The molecule has 1 aliphatic rings. The number of hydrogen-bond donors (Lipinski definition) is 0. The maximum atomic E-state index is 14.2. The summed E-state index contributed by atoms with van der Waals surface area (Å²) in [5.74, 6) is -0.446. The van der Waals surface area contributed by atoms with Crippen LogP contribution in [0, 0.1) is 11.7 Å². The molecule has 36 heavy (non-hydrogen) atoms. The van der Waals surface area contributed by atoms with Crippen LogP contribution in [0.15, 0.2) is 90.0 Å². The SMILES string of the molecule is O=C(Cn1cc(S(=O)(=O)Cc2ccccc2F)c2ccccc21)N1CCC(Cc2ccccc2)CC1. The summed E-state index contributed by atoms with van der Waals surface area (Å²) in [7, 11) is -3.83. The number of fused-ring (bicyclic) bond motifs is 1. The summed E-state index contributed by atoms with van der Waals surface area (Å²) in [4.78, 5) is 15.2. The predicted octanol–water partition coefficient (Wildman–Crippen LogP) is 5.24. The summed E-state index contributed by atoms with van der Waals surface area (Å²) >= 11 is 0. The molecule has 0 radical (unpaired) electrons. The first-order chi connectivity index (χ1) is 17.4. The van der Waals surface area contributed by atoms with Gasteiger partial charge in [0.2, 0.25) is 5.91 Å². The third kappa shape index (κ3) is 5.21. The zero-order chi connectivity index (χ0) is 25.1. The van der Waals surface area contributed by atoms with Gasteiger partial charge in [-0.25, -0.2) is 12.8 Å². The standard InChI is InChI=1S/C29H29FN2O3S/c30-26-12-6-4-10-24(26)21-36(34,35)28-19-32(27-13-7-5-11-25(27)28)20-29(33)31-16-14-23(15-17-31)18-22-8-2-1-3-9-22/h1-13,19,23H,14-18,20-21H2. The second kappa shape index (κ2) is 10.3. The van der Waals surface area contributed by atoms with E-state index in [4.69, 9.17) is 0 Å². The largest absolute Gasteiger partial charge is 0.341 e. The van der Waals surface area contributed by atoms with E-state index in [1.165, 1.54) is 30.0 Å². The lowest BCUT2D eigenvalue weighted by atomic mass is 9.90. The molecule has 0 saturated carbocycles. The van der Waals surface area contributed by atoms with Crippen molar-refractivity contribution in [2.45, 2.75) is 36.5 Å². The van der Waals surface area contributed by atoms with E-state index >= 15 is 0 Å². The average molecular weight is 505 g/mol. The highest BCUT2D eigenvalue weighted by Gasteiger charge is 2.26. The van der Waals surface area contributed by atoms with E-state index in [2.05, 4.69) is 24.3 Å². The molecule has 0 aliphatic carbocycles. The van der Waals surface area contributed by atoms with Gasteiger partial charge in [-0.1, -0.05) is 66.7 Å². The van der Waals surface area contributed by atoms with Crippen molar-refractivity contribution in [1.82, 2.24) is 9.47 Å². The molecule has 3 aromatic carbocycles. The molecular formula is C29H29FN2O3S. The molecule has 186 valence electrons. The lowest BCUT2D eigenvalue weighted by molar-refractivity contribution is -0.133. The van der Waals surface area contributed by atoms with Crippen molar-refractivity contribution in [3.63, 3.8) is 0 Å². The maximum Gasteiger partial charge on any atom is 0.242 e. The van der Waals surface area contributed by atoms with E-state index < -0.39 is 21.4 Å². The second-order valence-electron chi connectivity index (χ2n) is 9.50. The van der Waals surface area contributed by atoms with Gasteiger partial charge in [-0.2, -0.15) is 0 Å². The first-order valence-electron chi connectivity index (χ1n) is 12.3. The summed E-state index contributed by atoms with van der Waals surface area (Å²) in [6, 6.07) is 23.5. The Morgan fingerprint density at radius 1 is 0.889 bits per heavy atom. The van der Waals surface area contributed by atoms with Gasteiger partial charge in [-0.3, -0.25) is 4.79 Å². The van der Waals surface area contributed by atoms with E-state index in [1.807, 2.05) is 23.1 Å². The number of rotatable bonds is 7. The topological polar surface area (TPSA) is 59.4 Å². The molecule has 0 unspecified atom stereocenters. The Morgan fingerprint density at radius 3 is 2.31 bits per heavy atom. The predicted molar refractivity (Wildman–Crippen MR) is 139 cm³/mol. The molecule has 1 aromatic heterocycles. The van der Waals surface area contributed by atoms with Crippen LogP contribution in [0.5, 0.6) is 0 Å². The highest BCUT2D eigenvalue weighted by atomic mass is 32.2. The van der Waals surface area contributed by atoms with E-state index in [1.54, 1.807) is 22.8 Å². The van der Waals surface area contributed by atoms with Crippen LogP contribution in [-0.4, -0.2) is 36.9 Å². The third-order valence-electron chi connectivity index (χ3n) is 7.03. The van der Waals surface area contributed by atoms with E-state index in [9.17, 15) is 17.6 Å². The molecule has 5 nitrogen and oxygen atoms in total. The van der Waals surface area contributed by atoms with Gasteiger partial charge < -0.3 is 9.47 Å². The summed E-state index contributed by atoms with van der Waals surface area (Å²) < 4.78 is 42.4. The van der Waals surface area contributed by atoms with Crippen molar-refractivity contribution in [2.24, 2.45) is 5.92 Å². The van der Waals surface area contributed by atoms with Crippen LogP contribution < -0.4 is 0 Å². The number of para-hydroxylation sites is 1. The van der Waals surface area contributed by atoms with E-state index in [0.717, 1.165) is 19.3 Å². The second-order valence-corrected chi connectivity index (χ2v) is 11.5.